The van der Waals surface area contributed by atoms with Gasteiger partial charge in [0, 0.05) is 0 Å². The van der Waals surface area contributed by atoms with Crippen LogP contribution in [0.15, 0.2) is 12.2 Å². The van der Waals surface area contributed by atoms with Gasteiger partial charge in [-0.15, -0.1) is 0 Å². The van der Waals surface area contributed by atoms with E-state index in [0.29, 0.717) is 0 Å². The smallest absolute Gasteiger partial charge is 0.306 e. The quantitative estimate of drug-likeness (QED) is 0.576. The van der Waals surface area contributed by atoms with Crippen LogP contribution < -0.4 is 0 Å². The number of rotatable bonds is 3. The van der Waals surface area contributed by atoms with E-state index in [9.17, 15) is 9.90 Å². The van der Waals surface area contributed by atoms with Gasteiger partial charge in [-0.25, -0.2) is 0 Å². The van der Waals surface area contributed by atoms with Crippen LogP contribution in [0.25, 0.3) is 0 Å². The molecule has 0 aliphatic carbocycles. The number of aliphatic hydroxyl groups is 1. The molecule has 0 amide bonds. The highest BCUT2D eigenvalue weighted by Crippen LogP contribution is 2.10. The third-order valence-electron chi connectivity index (χ3n) is 1.03. The average molecular weight is 144 g/mol. The second kappa shape index (κ2) is 3.37. The van der Waals surface area contributed by atoms with Crippen LogP contribution in [0.2, 0.25) is 0 Å². The fourth-order valence-corrected chi connectivity index (χ4v) is 0.724. The lowest BCUT2D eigenvalue weighted by atomic mass is 10.0. The Balaban J connectivity index is 3.99. The highest BCUT2D eigenvalue weighted by atomic mass is 16.4. The molecule has 0 aliphatic rings. The minimum Gasteiger partial charge on any atom is -0.481 e. The van der Waals surface area contributed by atoms with E-state index in [0.717, 1.165) is 0 Å². The van der Waals surface area contributed by atoms with E-state index < -0.39 is 11.6 Å². The molecule has 0 heterocycles. The maximum atomic E-state index is 10.1. The fourth-order valence-electron chi connectivity index (χ4n) is 0.724. The summed E-state index contributed by atoms with van der Waals surface area (Å²) in [6, 6.07) is 0. The number of carboxylic acids is 1. The van der Waals surface area contributed by atoms with E-state index in [2.05, 4.69) is 0 Å². The van der Waals surface area contributed by atoms with Crippen LogP contribution in [0.1, 0.15) is 20.3 Å². The summed E-state index contributed by atoms with van der Waals surface area (Å²) in [5, 5.41) is 17.5. The standard InChI is InChI=1S/C7H12O3/c1-3-4-7(2,10)5-6(8)9/h3-4,10H,5H2,1-2H3,(H,8,9)/b4-3+/t7-/m0/s1. The van der Waals surface area contributed by atoms with Crippen LogP contribution in [-0.4, -0.2) is 21.8 Å². The third-order valence-corrected chi connectivity index (χ3v) is 1.03. The molecule has 0 rings (SSSR count). The lowest BCUT2D eigenvalue weighted by molar-refractivity contribution is -0.140. The molecule has 0 fully saturated rings. The maximum absolute atomic E-state index is 10.1. The lowest BCUT2D eigenvalue weighted by Crippen LogP contribution is -2.24. The van der Waals surface area contributed by atoms with Crippen LogP contribution >= 0.6 is 0 Å². The molecule has 0 aromatic carbocycles. The molecular formula is C7H12O3. The summed E-state index contributed by atoms with van der Waals surface area (Å²) in [7, 11) is 0. The normalized spacial score (nSPS) is 17.1. The molecule has 0 saturated heterocycles. The van der Waals surface area contributed by atoms with Crippen molar-refractivity contribution in [3.63, 3.8) is 0 Å². The summed E-state index contributed by atoms with van der Waals surface area (Å²) in [6.45, 7) is 3.19. The van der Waals surface area contributed by atoms with Crippen molar-refractivity contribution < 1.29 is 15.0 Å². The van der Waals surface area contributed by atoms with E-state index in [4.69, 9.17) is 5.11 Å². The first-order valence-corrected chi connectivity index (χ1v) is 3.06. The summed E-state index contributed by atoms with van der Waals surface area (Å²) in [5.41, 5.74) is -1.21. The summed E-state index contributed by atoms with van der Waals surface area (Å²) in [5.74, 6) is -0.997. The van der Waals surface area contributed by atoms with Crippen molar-refractivity contribution in [2.45, 2.75) is 25.9 Å². The largest absolute Gasteiger partial charge is 0.481 e. The zero-order chi connectivity index (χ0) is 8.20. The molecule has 3 nitrogen and oxygen atoms in total. The van der Waals surface area contributed by atoms with E-state index in [1.807, 2.05) is 0 Å². The van der Waals surface area contributed by atoms with Crippen molar-refractivity contribution in [2.24, 2.45) is 0 Å². The third kappa shape index (κ3) is 4.09. The Bertz CT molecular complexity index is 147. The summed E-state index contributed by atoms with van der Waals surface area (Å²) in [4.78, 5) is 10.1. The van der Waals surface area contributed by atoms with Gasteiger partial charge in [0.05, 0.1) is 12.0 Å². The highest BCUT2D eigenvalue weighted by Gasteiger charge is 2.19. The topological polar surface area (TPSA) is 57.5 Å². The monoisotopic (exact) mass is 144 g/mol. The molecule has 0 radical (unpaired) electrons. The average Bonchev–Trinajstić information content (AvgIpc) is 1.59. The Morgan fingerprint density at radius 3 is 2.50 bits per heavy atom. The molecule has 1 atom stereocenters. The molecule has 0 spiro atoms. The maximum Gasteiger partial charge on any atom is 0.306 e. The molecule has 58 valence electrons. The number of aliphatic carboxylic acids is 1. The number of hydrogen-bond donors (Lipinski definition) is 2. The van der Waals surface area contributed by atoms with Gasteiger partial charge >= 0.3 is 5.97 Å². The molecular weight excluding hydrogens is 132 g/mol. The molecule has 3 heteroatoms. The van der Waals surface area contributed by atoms with Crippen LogP contribution in [0.4, 0.5) is 0 Å². The molecule has 0 aromatic rings. The van der Waals surface area contributed by atoms with Gasteiger partial charge in [-0.2, -0.15) is 0 Å². The minimum atomic E-state index is -1.21. The first-order chi connectivity index (χ1) is 4.48. The van der Waals surface area contributed by atoms with Crippen molar-refractivity contribution in [3.8, 4) is 0 Å². The molecule has 10 heavy (non-hydrogen) atoms. The highest BCUT2D eigenvalue weighted by molar-refractivity contribution is 5.68. The second-order valence-corrected chi connectivity index (χ2v) is 2.43. The van der Waals surface area contributed by atoms with Crippen molar-refractivity contribution >= 4 is 5.97 Å². The Labute approximate surface area is 60.0 Å². The first-order valence-electron chi connectivity index (χ1n) is 3.06. The molecule has 0 saturated carbocycles. The molecule has 0 bridgehead atoms. The van der Waals surface area contributed by atoms with Crippen LogP contribution in [0, 0.1) is 0 Å². The van der Waals surface area contributed by atoms with E-state index in [1.165, 1.54) is 13.0 Å². The number of carbonyl (C=O) groups is 1. The molecule has 0 aromatic heterocycles. The Morgan fingerprint density at radius 2 is 2.20 bits per heavy atom. The van der Waals surface area contributed by atoms with Gasteiger partial charge in [0.25, 0.3) is 0 Å². The van der Waals surface area contributed by atoms with Gasteiger partial charge < -0.3 is 10.2 Å². The number of carboxylic acid groups (broad SMARTS) is 1. The number of allylic oxidation sites excluding steroid dienone is 1. The van der Waals surface area contributed by atoms with Gasteiger partial charge in [-0.3, -0.25) is 4.79 Å². The van der Waals surface area contributed by atoms with Gasteiger partial charge in [-0.05, 0) is 13.8 Å². The summed E-state index contributed by atoms with van der Waals surface area (Å²) < 4.78 is 0. The SMILES string of the molecule is C/C=C/[C@](C)(O)CC(=O)O. The van der Waals surface area contributed by atoms with Gasteiger partial charge in [-0.1, -0.05) is 12.2 Å². The predicted octanol–water partition coefficient (Wildman–Crippen LogP) is 0.788. The zero-order valence-electron chi connectivity index (χ0n) is 6.16. The van der Waals surface area contributed by atoms with Crippen LogP contribution in [0.3, 0.4) is 0 Å². The lowest BCUT2D eigenvalue weighted by Gasteiger charge is -2.14. The number of hydrogen-bond acceptors (Lipinski definition) is 2. The van der Waals surface area contributed by atoms with E-state index in [-0.39, 0.29) is 6.42 Å². The predicted molar refractivity (Wildman–Crippen MR) is 37.7 cm³/mol. The van der Waals surface area contributed by atoms with E-state index >= 15 is 0 Å². The van der Waals surface area contributed by atoms with Crippen molar-refractivity contribution in [3.05, 3.63) is 12.2 Å². The Morgan fingerprint density at radius 1 is 1.70 bits per heavy atom. The zero-order valence-corrected chi connectivity index (χ0v) is 6.16. The molecule has 0 unspecified atom stereocenters. The van der Waals surface area contributed by atoms with Crippen molar-refractivity contribution in [2.75, 3.05) is 0 Å². The van der Waals surface area contributed by atoms with Gasteiger partial charge in [0.2, 0.25) is 0 Å². The molecule has 2 N–H and O–H groups in total. The summed E-state index contributed by atoms with van der Waals surface area (Å²) in [6.07, 6.45) is 2.83. The van der Waals surface area contributed by atoms with Crippen molar-refractivity contribution in [1.82, 2.24) is 0 Å². The minimum absolute atomic E-state index is 0.253. The van der Waals surface area contributed by atoms with Gasteiger partial charge in [0.15, 0.2) is 0 Å². The first kappa shape index (κ1) is 9.17. The second-order valence-electron chi connectivity index (χ2n) is 2.43. The van der Waals surface area contributed by atoms with Crippen LogP contribution in [-0.2, 0) is 4.79 Å². The Kier molecular flexibility index (Phi) is 3.09. The fraction of sp³-hybridized carbons (Fsp3) is 0.571. The van der Waals surface area contributed by atoms with E-state index in [1.54, 1.807) is 13.0 Å². The molecule has 0 aliphatic heterocycles. The van der Waals surface area contributed by atoms with Crippen LogP contribution in [0.5, 0.6) is 0 Å². The summed E-state index contributed by atoms with van der Waals surface area (Å²) >= 11 is 0. The Hall–Kier alpha value is -0.830. The van der Waals surface area contributed by atoms with Crippen molar-refractivity contribution in [1.29, 1.82) is 0 Å². The van der Waals surface area contributed by atoms with Gasteiger partial charge in [0.1, 0.15) is 0 Å².